The van der Waals surface area contributed by atoms with E-state index in [2.05, 4.69) is 0 Å². The summed E-state index contributed by atoms with van der Waals surface area (Å²) in [6, 6.07) is 64.7. The van der Waals surface area contributed by atoms with Crippen molar-refractivity contribution in [1.29, 1.82) is 0 Å². The Hall–Kier alpha value is -8.66. The average Bonchev–Trinajstić information content (AvgIpc) is 1.40. The fourth-order valence-electron chi connectivity index (χ4n) is 10.5. The van der Waals surface area contributed by atoms with Crippen molar-refractivity contribution in [2.75, 3.05) is 34.5 Å². The minimum Gasteiger partial charge on any atom is -0.493 e. The summed E-state index contributed by atoms with van der Waals surface area (Å²) in [6.07, 6.45) is -10.4. The molecule has 464 valence electrons. The highest BCUT2D eigenvalue weighted by atomic mass is 16.7. The van der Waals surface area contributed by atoms with Gasteiger partial charge in [-0.15, -0.1) is 0 Å². The lowest BCUT2D eigenvalue weighted by molar-refractivity contribution is -0.308. The van der Waals surface area contributed by atoms with E-state index in [0.29, 0.717) is 0 Å². The molecule has 0 unspecified atom stereocenters. The molecule has 89 heavy (non-hydrogen) atoms. The molecule has 0 saturated carbocycles. The fraction of sp³-hybridized carbons (Fsp3) is 0.296. The maximum absolute atomic E-state index is 14.7. The number of rotatable bonds is 30. The Labute approximate surface area is 517 Å². The van der Waals surface area contributed by atoms with Crippen molar-refractivity contribution in [2.24, 2.45) is 0 Å². The molecule has 0 spiro atoms. The molecule has 0 amide bonds. The van der Waals surface area contributed by atoms with E-state index in [4.69, 9.17) is 66.3 Å². The number of ether oxygens (including phenoxy) is 14. The largest absolute Gasteiger partial charge is 0.493 e. The topological polar surface area (TPSA) is 204 Å². The summed E-state index contributed by atoms with van der Waals surface area (Å²) in [4.78, 5) is 26.8. The highest BCUT2D eigenvalue weighted by Gasteiger charge is 2.52. The Bertz CT molecular complexity index is 3410. The van der Waals surface area contributed by atoms with Gasteiger partial charge in [-0.2, -0.15) is 0 Å². The van der Waals surface area contributed by atoms with Crippen LogP contribution in [0.1, 0.15) is 54.1 Å². The molecule has 10 atom stereocenters. The first-order valence-corrected chi connectivity index (χ1v) is 29.2. The standard InChI is InChI=1S/C71H72O18/c1-76-56-36-53(68(73)74)34-35-55(56)86-70-66(83-44-51-30-18-8-19-31-51)65(82-43-50-28-16-7-17-29-50)63(80-41-48-24-12-5-13-25-48)60(88-70)46-85-69(75)54-37-57(77-2)61(58(38-54)78-3)89-71-67(84-45-52-32-20-9-21-33-52)64(81-42-49-26-14-6-15-27-49)62(59(39-72)87-71)79-40-47-22-10-4-11-23-47/h4-38,59-60,62-67,70-72H,39-46H2,1-3H3,(H,73,74)/t59-,60-,62-,63-,64-,65+,66-,67-,70-,71+/m1/s1. The van der Waals surface area contributed by atoms with E-state index in [9.17, 15) is 19.8 Å². The van der Waals surface area contributed by atoms with Gasteiger partial charge in [-0.3, -0.25) is 0 Å². The molecule has 2 fully saturated rings. The molecule has 18 nitrogen and oxygen atoms in total. The zero-order valence-electron chi connectivity index (χ0n) is 49.6. The van der Waals surface area contributed by atoms with Gasteiger partial charge in [0.05, 0.1) is 78.7 Å². The van der Waals surface area contributed by atoms with E-state index in [0.717, 1.165) is 33.4 Å². The average molecular weight is 1210 g/mol. The third kappa shape index (κ3) is 16.9. The van der Waals surface area contributed by atoms with Crippen LogP contribution in [-0.2, 0) is 82.3 Å². The molecule has 8 aromatic rings. The number of carbonyl (C=O) groups excluding carboxylic acids is 1. The lowest BCUT2D eigenvalue weighted by Crippen LogP contribution is -2.62. The number of hydrogen-bond acceptors (Lipinski definition) is 17. The minimum atomic E-state index is -1.30. The molecule has 8 aromatic carbocycles. The zero-order chi connectivity index (χ0) is 61.7. The summed E-state index contributed by atoms with van der Waals surface area (Å²) in [6.45, 7) is -0.0971. The number of carbonyl (C=O) groups is 2. The van der Waals surface area contributed by atoms with Gasteiger partial charge in [0, 0.05) is 0 Å². The highest BCUT2D eigenvalue weighted by molar-refractivity contribution is 5.91. The summed E-state index contributed by atoms with van der Waals surface area (Å²) in [5.74, 6) is -1.54. The number of benzene rings is 8. The Morgan fingerprint density at radius 3 is 1.09 bits per heavy atom. The monoisotopic (exact) mass is 1210 g/mol. The number of methoxy groups -OCH3 is 3. The van der Waals surface area contributed by atoms with Crippen LogP contribution in [-0.4, -0.2) is 118 Å². The van der Waals surface area contributed by atoms with E-state index in [1.54, 1.807) is 0 Å². The minimum absolute atomic E-state index is 0.00809. The van der Waals surface area contributed by atoms with Crippen molar-refractivity contribution in [3.63, 3.8) is 0 Å². The summed E-state index contributed by atoms with van der Waals surface area (Å²) < 4.78 is 91.4. The van der Waals surface area contributed by atoms with Gasteiger partial charge >= 0.3 is 11.9 Å². The van der Waals surface area contributed by atoms with Crippen LogP contribution in [0.25, 0.3) is 0 Å². The van der Waals surface area contributed by atoms with Crippen molar-refractivity contribution < 1.29 is 86.1 Å². The Balaban J connectivity index is 0.964. The van der Waals surface area contributed by atoms with E-state index < -0.39 is 86.6 Å². The van der Waals surface area contributed by atoms with Gasteiger partial charge in [0.25, 0.3) is 0 Å². The predicted octanol–water partition coefficient (Wildman–Crippen LogP) is 11.0. The van der Waals surface area contributed by atoms with Gasteiger partial charge in [0.1, 0.15) is 55.4 Å². The molecular weight excluding hydrogens is 1140 g/mol. The molecule has 0 aliphatic carbocycles. The first-order chi connectivity index (χ1) is 43.7. The van der Waals surface area contributed by atoms with Crippen LogP contribution < -0.4 is 23.7 Å². The second-order valence-corrected chi connectivity index (χ2v) is 21.1. The van der Waals surface area contributed by atoms with Crippen molar-refractivity contribution in [3.05, 3.63) is 257 Å². The van der Waals surface area contributed by atoms with E-state index in [-0.39, 0.29) is 79.5 Å². The van der Waals surface area contributed by atoms with Crippen molar-refractivity contribution in [3.8, 4) is 28.7 Å². The molecular formula is C71H72O18. The molecule has 0 bridgehead atoms. The van der Waals surface area contributed by atoms with Crippen LogP contribution in [0.2, 0.25) is 0 Å². The van der Waals surface area contributed by atoms with Gasteiger partial charge in [0.2, 0.25) is 18.3 Å². The fourth-order valence-corrected chi connectivity index (χ4v) is 10.5. The summed E-state index contributed by atoms with van der Waals surface area (Å²) in [5, 5.41) is 20.9. The van der Waals surface area contributed by atoms with Gasteiger partial charge in [-0.25, -0.2) is 9.59 Å². The van der Waals surface area contributed by atoms with E-state index in [1.165, 1.54) is 51.7 Å². The van der Waals surface area contributed by atoms with Crippen LogP contribution in [0, 0.1) is 0 Å². The Morgan fingerprint density at radius 1 is 0.382 bits per heavy atom. The SMILES string of the molecule is COc1cc(C(=O)O)ccc1O[C@@H]1O[C@H](COC(=O)c2cc(OC)c(O[C@@H]3O[C@H](CO)[C@@H](OCc4ccccc4)[C@@H](OCc4ccccc4)[C@H]3OCc3ccccc3)c(OC)c2)[C@@H](OCc2ccccc2)[C@H](OCc2ccccc2)[C@H]1OCc1ccccc1. The lowest BCUT2D eigenvalue weighted by Gasteiger charge is -2.45. The zero-order valence-corrected chi connectivity index (χ0v) is 49.6. The van der Waals surface area contributed by atoms with Gasteiger partial charge < -0.3 is 76.5 Å². The van der Waals surface area contributed by atoms with Crippen LogP contribution >= 0.6 is 0 Å². The third-order valence-electron chi connectivity index (χ3n) is 15.0. The number of aromatic carboxylic acids is 1. The number of carboxylic acids is 1. The van der Waals surface area contributed by atoms with E-state index >= 15 is 0 Å². The molecule has 2 heterocycles. The van der Waals surface area contributed by atoms with Crippen LogP contribution in [0.15, 0.2) is 212 Å². The number of hydrogen-bond donors (Lipinski definition) is 2. The highest BCUT2D eigenvalue weighted by Crippen LogP contribution is 2.43. The molecule has 2 aliphatic rings. The smallest absolute Gasteiger partial charge is 0.338 e. The third-order valence-corrected chi connectivity index (χ3v) is 15.0. The van der Waals surface area contributed by atoms with Crippen LogP contribution in [0.3, 0.4) is 0 Å². The molecule has 18 heteroatoms. The quantitative estimate of drug-likeness (QED) is 0.0402. The second kappa shape index (κ2) is 32.0. The van der Waals surface area contributed by atoms with Crippen molar-refractivity contribution in [2.45, 2.75) is 101 Å². The van der Waals surface area contributed by atoms with Crippen molar-refractivity contribution >= 4 is 11.9 Å². The molecule has 2 aliphatic heterocycles. The molecule has 0 radical (unpaired) electrons. The number of carboxylic acid groups (broad SMARTS) is 1. The second-order valence-electron chi connectivity index (χ2n) is 21.1. The maximum atomic E-state index is 14.7. The Kier molecular flexibility index (Phi) is 22.8. The molecule has 2 saturated heterocycles. The number of aliphatic hydroxyl groups excluding tert-OH is 1. The van der Waals surface area contributed by atoms with Gasteiger partial charge in [-0.05, 0) is 63.7 Å². The predicted molar refractivity (Wildman–Crippen MR) is 326 cm³/mol. The Morgan fingerprint density at radius 2 is 0.719 bits per heavy atom. The maximum Gasteiger partial charge on any atom is 0.338 e. The van der Waals surface area contributed by atoms with E-state index in [1.807, 2.05) is 182 Å². The van der Waals surface area contributed by atoms with Gasteiger partial charge in [-0.1, -0.05) is 182 Å². The normalized spacial score (nSPS) is 21.5. The summed E-state index contributed by atoms with van der Waals surface area (Å²) in [5.41, 5.74) is 5.19. The van der Waals surface area contributed by atoms with Crippen LogP contribution in [0.4, 0.5) is 0 Å². The molecule has 2 N–H and O–H groups in total. The lowest BCUT2D eigenvalue weighted by atomic mass is 9.97. The number of esters is 1. The van der Waals surface area contributed by atoms with Gasteiger partial charge in [0.15, 0.2) is 23.0 Å². The summed E-state index contributed by atoms with van der Waals surface area (Å²) in [7, 11) is 4.23. The first kappa shape index (κ1) is 63.4. The molecule has 10 rings (SSSR count). The van der Waals surface area contributed by atoms with Crippen molar-refractivity contribution in [1.82, 2.24) is 0 Å². The summed E-state index contributed by atoms with van der Waals surface area (Å²) >= 11 is 0. The van der Waals surface area contributed by atoms with Crippen LogP contribution in [0.5, 0.6) is 28.7 Å². The number of aliphatic hydroxyl groups is 1. The first-order valence-electron chi connectivity index (χ1n) is 29.2. The molecule has 0 aromatic heterocycles.